The quantitative estimate of drug-likeness (QED) is 0.867. The van der Waals surface area contributed by atoms with E-state index in [1.807, 2.05) is 16.7 Å². The Kier molecular flexibility index (Phi) is 5.94. The molecule has 1 aliphatic heterocycles. The summed E-state index contributed by atoms with van der Waals surface area (Å²) in [5.74, 6) is 1.22. The van der Waals surface area contributed by atoms with Crippen LogP contribution >= 0.6 is 11.8 Å². The minimum atomic E-state index is 0.172. The van der Waals surface area contributed by atoms with Crippen LogP contribution in [0.1, 0.15) is 25.8 Å². The van der Waals surface area contributed by atoms with Crippen LogP contribution in [0.25, 0.3) is 0 Å². The van der Waals surface area contributed by atoms with Gasteiger partial charge < -0.3 is 15.5 Å². The van der Waals surface area contributed by atoms with Gasteiger partial charge >= 0.3 is 0 Å². The van der Waals surface area contributed by atoms with Crippen LogP contribution in [0.15, 0.2) is 23.1 Å². The Morgan fingerprint density at radius 2 is 2.10 bits per heavy atom. The third-order valence-corrected chi connectivity index (χ3v) is 4.88. The molecule has 1 aliphatic rings. The lowest BCUT2D eigenvalue weighted by Gasteiger charge is -2.26. The molecule has 5 heteroatoms. The molecule has 2 N–H and O–H groups in total. The predicted octanol–water partition coefficient (Wildman–Crippen LogP) is 2.32. The lowest BCUT2D eigenvalue weighted by molar-refractivity contribution is -0.128. The highest BCUT2D eigenvalue weighted by Gasteiger charge is 2.19. The van der Waals surface area contributed by atoms with Crippen LogP contribution in [-0.4, -0.2) is 42.7 Å². The molecule has 0 radical (unpaired) electrons. The summed E-state index contributed by atoms with van der Waals surface area (Å²) in [6, 6.07) is 6.42. The van der Waals surface area contributed by atoms with Crippen molar-refractivity contribution in [1.29, 1.82) is 0 Å². The number of carbonyl (C=O) groups excluding carboxylic acids is 1. The number of nitrogens with zero attached hydrogens (tertiary/aromatic N) is 2. The van der Waals surface area contributed by atoms with E-state index < -0.39 is 0 Å². The summed E-state index contributed by atoms with van der Waals surface area (Å²) in [5.41, 5.74) is 8.47. The van der Waals surface area contributed by atoms with E-state index in [1.54, 1.807) is 6.92 Å². The first kappa shape index (κ1) is 16.2. The van der Waals surface area contributed by atoms with Gasteiger partial charge in [-0.2, -0.15) is 0 Å². The molecule has 1 amide bonds. The SMILES string of the molecule is CCSc1cccc(N2CCCN(C(C)=O)CC2)c1CN. The summed E-state index contributed by atoms with van der Waals surface area (Å²) in [7, 11) is 0. The Balaban J connectivity index is 2.21. The molecule has 0 spiro atoms. The molecule has 2 rings (SSSR count). The monoisotopic (exact) mass is 307 g/mol. The highest BCUT2D eigenvalue weighted by atomic mass is 32.2. The number of hydrogen-bond donors (Lipinski definition) is 1. The molecule has 4 nitrogen and oxygen atoms in total. The molecule has 0 atom stereocenters. The van der Waals surface area contributed by atoms with Crippen molar-refractivity contribution in [3.63, 3.8) is 0 Å². The number of amides is 1. The summed E-state index contributed by atoms with van der Waals surface area (Å²) in [6.45, 7) is 7.89. The summed E-state index contributed by atoms with van der Waals surface area (Å²) >= 11 is 1.84. The van der Waals surface area contributed by atoms with Gasteiger partial charge in [0, 0.05) is 55.8 Å². The summed E-state index contributed by atoms with van der Waals surface area (Å²) in [5, 5.41) is 0. The van der Waals surface area contributed by atoms with Gasteiger partial charge in [-0.1, -0.05) is 13.0 Å². The third-order valence-electron chi connectivity index (χ3n) is 3.89. The van der Waals surface area contributed by atoms with Crippen molar-refractivity contribution in [3.8, 4) is 0 Å². The minimum Gasteiger partial charge on any atom is -0.369 e. The molecular formula is C16H25N3OS. The van der Waals surface area contributed by atoms with Crippen LogP contribution in [0.2, 0.25) is 0 Å². The topological polar surface area (TPSA) is 49.6 Å². The fourth-order valence-electron chi connectivity index (χ4n) is 2.82. The van der Waals surface area contributed by atoms with Crippen LogP contribution < -0.4 is 10.6 Å². The number of hydrogen-bond acceptors (Lipinski definition) is 4. The van der Waals surface area contributed by atoms with Crippen LogP contribution in [0.4, 0.5) is 5.69 Å². The highest BCUT2D eigenvalue weighted by Crippen LogP contribution is 2.31. The van der Waals surface area contributed by atoms with Gasteiger partial charge in [-0.25, -0.2) is 0 Å². The Labute approximate surface area is 131 Å². The standard InChI is InChI=1S/C16H25N3OS/c1-3-21-16-7-4-6-15(14(16)12-17)19-9-5-8-18(10-11-19)13(2)20/h4,6-7H,3,5,8-12,17H2,1-2H3. The zero-order chi connectivity index (χ0) is 15.2. The molecule has 21 heavy (non-hydrogen) atoms. The average molecular weight is 307 g/mol. The highest BCUT2D eigenvalue weighted by molar-refractivity contribution is 7.99. The van der Waals surface area contributed by atoms with Crippen molar-refractivity contribution in [3.05, 3.63) is 23.8 Å². The lowest BCUT2D eigenvalue weighted by atomic mass is 10.1. The number of benzene rings is 1. The molecule has 116 valence electrons. The molecule has 0 aromatic heterocycles. The van der Waals surface area contributed by atoms with E-state index in [9.17, 15) is 4.79 Å². The Hall–Kier alpha value is -1.20. The molecule has 0 bridgehead atoms. The molecular weight excluding hydrogens is 282 g/mol. The summed E-state index contributed by atoms with van der Waals surface area (Å²) < 4.78 is 0. The van der Waals surface area contributed by atoms with Gasteiger partial charge in [-0.05, 0) is 24.3 Å². The van der Waals surface area contributed by atoms with E-state index in [0.29, 0.717) is 6.54 Å². The van der Waals surface area contributed by atoms with Crippen molar-refractivity contribution in [2.75, 3.05) is 36.8 Å². The van der Waals surface area contributed by atoms with E-state index in [0.717, 1.165) is 38.4 Å². The van der Waals surface area contributed by atoms with Crippen molar-refractivity contribution < 1.29 is 4.79 Å². The van der Waals surface area contributed by atoms with Crippen LogP contribution in [0.5, 0.6) is 0 Å². The minimum absolute atomic E-state index is 0.172. The molecule has 0 saturated carbocycles. The first-order chi connectivity index (χ1) is 10.2. The molecule has 1 heterocycles. The number of nitrogens with two attached hydrogens (primary N) is 1. The molecule has 0 aliphatic carbocycles. The first-order valence-corrected chi connectivity index (χ1v) is 8.61. The molecule has 1 saturated heterocycles. The zero-order valence-corrected chi connectivity index (χ0v) is 13.8. The van der Waals surface area contributed by atoms with Gasteiger partial charge in [0.25, 0.3) is 0 Å². The van der Waals surface area contributed by atoms with Crippen molar-refractivity contribution in [2.24, 2.45) is 5.73 Å². The number of thioether (sulfide) groups is 1. The molecule has 1 fully saturated rings. The number of anilines is 1. The summed E-state index contributed by atoms with van der Waals surface area (Å²) in [6.07, 6.45) is 1.01. The second-order valence-corrected chi connectivity index (χ2v) is 6.54. The Bertz CT molecular complexity index is 492. The zero-order valence-electron chi connectivity index (χ0n) is 13.0. The summed E-state index contributed by atoms with van der Waals surface area (Å²) in [4.78, 5) is 17.1. The number of carbonyl (C=O) groups is 1. The fourth-order valence-corrected chi connectivity index (χ4v) is 3.67. The number of rotatable bonds is 4. The molecule has 1 aromatic carbocycles. The van der Waals surface area contributed by atoms with E-state index in [4.69, 9.17) is 5.73 Å². The Morgan fingerprint density at radius 1 is 1.29 bits per heavy atom. The van der Waals surface area contributed by atoms with Crippen molar-refractivity contribution in [2.45, 2.75) is 31.7 Å². The second-order valence-electron chi connectivity index (χ2n) is 5.24. The van der Waals surface area contributed by atoms with Crippen molar-refractivity contribution in [1.82, 2.24) is 4.90 Å². The fraction of sp³-hybridized carbons (Fsp3) is 0.562. The van der Waals surface area contributed by atoms with Gasteiger partial charge in [-0.3, -0.25) is 4.79 Å². The van der Waals surface area contributed by atoms with E-state index >= 15 is 0 Å². The van der Waals surface area contributed by atoms with Gasteiger partial charge in [0.2, 0.25) is 5.91 Å². The van der Waals surface area contributed by atoms with Crippen LogP contribution in [0.3, 0.4) is 0 Å². The van der Waals surface area contributed by atoms with Gasteiger partial charge in [0.15, 0.2) is 0 Å². The maximum absolute atomic E-state index is 11.5. The second kappa shape index (κ2) is 7.71. The van der Waals surface area contributed by atoms with Crippen LogP contribution in [0, 0.1) is 0 Å². The van der Waals surface area contributed by atoms with E-state index in [2.05, 4.69) is 30.0 Å². The average Bonchev–Trinajstić information content (AvgIpc) is 2.73. The largest absolute Gasteiger partial charge is 0.369 e. The van der Waals surface area contributed by atoms with Gasteiger partial charge in [0.05, 0.1) is 0 Å². The van der Waals surface area contributed by atoms with E-state index in [-0.39, 0.29) is 5.91 Å². The smallest absolute Gasteiger partial charge is 0.219 e. The maximum Gasteiger partial charge on any atom is 0.219 e. The predicted molar refractivity (Wildman–Crippen MR) is 89.8 cm³/mol. The van der Waals surface area contributed by atoms with Crippen molar-refractivity contribution >= 4 is 23.4 Å². The van der Waals surface area contributed by atoms with Gasteiger partial charge in [0.1, 0.15) is 0 Å². The molecule has 1 aromatic rings. The molecule has 0 unspecified atom stereocenters. The maximum atomic E-state index is 11.5. The van der Waals surface area contributed by atoms with Gasteiger partial charge in [-0.15, -0.1) is 11.8 Å². The van der Waals surface area contributed by atoms with E-state index in [1.165, 1.54) is 16.1 Å². The first-order valence-electron chi connectivity index (χ1n) is 7.62. The normalized spacial score (nSPS) is 16.0. The van der Waals surface area contributed by atoms with Crippen LogP contribution in [-0.2, 0) is 11.3 Å². The Morgan fingerprint density at radius 3 is 2.76 bits per heavy atom. The lowest BCUT2D eigenvalue weighted by Crippen LogP contribution is -2.34. The third kappa shape index (κ3) is 3.92.